The van der Waals surface area contributed by atoms with Gasteiger partial charge in [0.1, 0.15) is 6.04 Å². The molecule has 0 saturated carbocycles. The Hall–Kier alpha value is -1.39. The lowest BCUT2D eigenvalue weighted by Crippen LogP contribution is -2.48. The second kappa shape index (κ2) is 6.68. The van der Waals surface area contributed by atoms with Gasteiger partial charge in [0, 0.05) is 13.1 Å². The van der Waals surface area contributed by atoms with Gasteiger partial charge in [0.05, 0.1) is 13.2 Å². The third-order valence-electron chi connectivity index (χ3n) is 3.63. The van der Waals surface area contributed by atoms with Crippen molar-refractivity contribution >= 4 is 5.97 Å². The summed E-state index contributed by atoms with van der Waals surface area (Å²) in [4.78, 5) is 13.4. The summed E-state index contributed by atoms with van der Waals surface area (Å²) in [5, 5.41) is 9.41. The lowest BCUT2D eigenvalue weighted by atomic mass is 10.0. The number of aryl methyl sites for hydroxylation is 1. The van der Waals surface area contributed by atoms with Crippen LogP contribution < -0.4 is 0 Å². The van der Waals surface area contributed by atoms with E-state index in [1.54, 1.807) is 0 Å². The topological polar surface area (TPSA) is 49.8 Å². The molecule has 0 unspecified atom stereocenters. The normalized spacial score (nSPS) is 18.2. The highest BCUT2D eigenvalue weighted by atomic mass is 16.5. The molecule has 1 aliphatic heterocycles. The summed E-state index contributed by atoms with van der Waals surface area (Å²) in [6.45, 7) is 4.76. The number of benzene rings is 1. The van der Waals surface area contributed by atoms with Crippen molar-refractivity contribution in [1.82, 2.24) is 4.90 Å². The lowest BCUT2D eigenvalue weighted by molar-refractivity contribution is -0.145. The van der Waals surface area contributed by atoms with Crippen LogP contribution in [-0.4, -0.2) is 48.3 Å². The van der Waals surface area contributed by atoms with E-state index < -0.39 is 12.0 Å². The molecule has 4 heteroatoms. The SMILES string of the molecule is CCc1ccc(C[C@@H](C(=O)O)N2CCOCC2)cc1. The van der Waals surface area contributed by atoms with Crippen LogP contribution in [-0.2, 0) is 22.4 Å². The van der Waals surface area contributed by atoms with Crippen molar-refractivity contribution in [3.05, 3.63) is 35.4 Å². The van der Waals surface area contributed by atoms with Gasteiger partial charge in [-0.2, -0.15) is 0 Å². The molecule has 1 N–H and O–H groups in total. The van der Waals surface area contributed by atoms with Crippen LogP contribution in [0.5, 0.6) is 0 Å². The van der Waals surface area contributed by atoms with Crippen LogP contribution in [0.25, 0.3) is 0 Å². The first-order valence-electron chi connectivity index (χ1n) is 6.83. The summed E-state index contributed by atoms with van der Waals surface area (Å²) in [5.74, 6) is -0.749. The summed E-state index contributed by atoms with van der Waals surface area (Å²) in [7, 11) is 0. The monoisotopic (exact) mass is 263 g/mol. The standard InChI is InChI=1S/C15H21NO3/c1-2-12-3-5-13(6-4-12)11-14(15(17)18)16-7-9-19-10-8-16/h3-6,14H,2,7-11H2,1H3,(H,17,18)/t14-/m0/s1. The first kappa shape index (κ1) is 14.0. The summed E-state index contributed by atoms with van der Waals surface area (Å²) >= 11 is 0. The number of nitrogens with zero attached hydrogens (tertiary/aromatic N) is 1. The fourth-order valence-corrected chi connectivity index (χ4v) is 2.40. The number of ether oxygens (including phenoxy) is 1. The molecule has 1 aromatic rings. The number of hydrogen-bond donors (Lipinski definition) is 1. The summed E-state index contributed by atoms with van der Waals surface area (Å²) in [5.41, 5.74) is 2.36. The van der Waals surface area contributed by atoms with Crippen molar-refractivity contribution in [2.75, 3.05) is 26.3 Å². The molecule has 2 rings (SSSR count). The van der Waals surface area contributed by atoms with Gasteiger partial charge in [0.25, 0.3) is 0 Å². The van der Waals surface area contributed by atoms with Crippen LogP contribution in [0, 0.1) is 0 Å². The van der Waals surface area contributed by atoms with Crippen LogP contribution in [0.3, 0.4) is 0 Å². The maximum atomic E-state index is 11.4. The quantitative estimate of drug-likeness (QED) is 0.876. The Morgan fingerprint density at radius 3 is 2.37 bits per heavy atom. The van der Waals surface area contributed by atoms with Gasteiger partial charge < -0.3 is 9.84 Å². The zero-order valence-corrected chi connectivity index (χ0v) is 11.3. The molecule has 0 spiro atoms. The minimum atomic E-state index is -0.749. The second-order valence-corrected chi connectivity index (χ2v) is 4.88. The van der Waals surface area contributed by atoms with Gasteiger partial charge in [-0.3, -0.25) is 9.69 Å². The van der Waals surface area contributed by atoms with E-state index in [-0.39, 0.29) is 0 Å². The molecule has 1 fully saturated rings. The van der Waals surface area contributed by atoms with Crippen LogP contribution in [0.2, 0.25) is 0 Å². The van der Waals surface area contributed by atoms with E-state index in [1.807, 2.05) is 17.0 Å². The molecule has 1 aromatic carbocycles. The van der Waals surface area contributed by atoms with Crippen molar-refractivity contribution in [1.29, 1.82) is 0 Å². The van der Waals surface area contributed by atoms with Crippen molar-refractivity contribution in [2.24, 2.45) is 0 Å². The first-order chi connectivity index (χ1) is 9.20. The third kappa shape index (κ3) is 3.78. The van der Waals surface area contributed by atoms with Gasteiger partial charge in [0.2, 0.25) is 0 Å². The molecule has 0 amide bonds. The van der Waals surface area contributed by atoms with E-state index in [0.717, 1.165) is 12.0 Å². The average molecular weight is 263 g/mol. The first-order valence-corrected chi connectivity index (χ1v) is 6.83. The molecule has 0 aliphatic carbocycles. The van der Waals surface area contributed by atoms with Crippen molar-refractivity contribution < 1.29 is 14.6 Å². The van der Waals surface area contributed by atoms with Gasteiger partial charge in [-0.15, -0.1) is 0 Å². The smallest absolute Gasteiger partial charge is 0.321 e. The fourth-order valence-electron chi connectivity index (χ4n) is 2.40. The molecule has 1 heterocycles. The van der Waals surface area contributed by atoms with Gasteiger partial charge in [-0.1, -0.05) is 31.2 Å². The van der Waals surface area contributed by atoms with Gasteiger partial charge >= 0.3 is 5.97 Å². The van der Waals surface area contributed by atoms with Crippen LogP contribution in [0.4, 0.5) is 0 Å². The van der Waals surface area contributed by atoms with E-state index in [0.29, 0.717) is 32.7 Å². The van der Waals surface area contributed by atoms with Crippen molar-refractivity contribution in [3.8, 4) is 0 Å². The Morgan fingerprint density at radius 2 is 1.84 bits per heavy atom. The summed E-state index contributed by atoms with van der Waals surface area (Å²) in [6, 6.07) is 7.78. The van der Waals surface area contributed by atoms with E-state index in [1.165, 1.54) is 5.56 Å². The summed E-state index contributed by atoms with van der Waals surface area (Å²) < 4.78 is 5.28. The molecule has 1 saturated heterocycles. The molecule has 1 atom stereocenters. The molecule has 0 bridgehead atoms. The van der Waals surface area contributed by atoms with Crippen molar-refractivity contribution in [2.45, 2.75) is 25.8 Å². The van der Waals surface area contributed by atoms with Gasteiger partial charge in [-0.25, -0.2) is 0 Å². The lowest BCUT2D eigenvalue weighted by Gasteiger charge is -2.32. The predicted molar refractivity (Wildman–Crippen MR) is 73.3 cm³/mol. The number of carbonyl (C=O) groups is 1. The molecule has 19 heavy (non-hydrogen) atoms. The van der Waals surface area contributed by atoms with Crippen LogP contribution >= 0.6 is 0 Å². The Labute approximate surface area is 114 Å². The zero-order valence-electron chi connectivity index (χ0n) is 11.3. The maximum absolute atomic E-state index is 11.4. The number of aliphatic carboxylic acids is 1. The van der Waals surface area contributed by atoms with E-state index in [2.05, 4.69) is 19.1 Å². The Kier molecular flexibility index (Phi) is 4.93. The number of carboxylic acid groups (broad SMARTS) is 1. The van der Waals surface area contributed by atoms with Crippen molar-refractivity contribution in [3.63, 3.8) is 0 Å². The Morgan fingerprint density at radius 1 is 1.26 bits per heavy atom. The average Bonchev–Trinajstić information content (AvgIpc) is 2.46. The largest absolute Gasteiger partial charge is 0.480 e. The molecule has 4 nitrogen and oxygen atoms in total. The second-order valence-electron chi connectivity index (χ2n) is 4.88. The summed E-state index contributed by atoms with van der Waals surface area (Å²) in [6.07, 6.45) is 1.56. The number of morpholine rings is 1. The highest BCUT2D eigenvalue weighted by Gasteiger charge is 2.27. The van der Waals surface area contributed by atoms with E-state index in [9.17, 15) is 9.90 Å². The highest BCUT2D eigenvalue weighted by Crippen LogP contribution is 2.13. The molecule has 0 aromatic heterocycles. The van der Waals surface area contributed by atoms with E-state index in [4.69, 9.17) is 4.74 Å². The van der Waals surface area contributed by atoms with Crippen LogP contribution in [0.1, 0.15) is 18.1 Å². The molecular formula is C15H21NO3. The Balaban J connectivity index is 2.04. The number of rotatable bonds is 5. The zero-order chi connectivity index (χ0) is 13.7. The van der Waals surface area contributed by atoms with E-state index >= 15 is 0 Å². The van der Waals surface area contributed by atoms with Crippen LogP contribution in [0.15, 0.2) is 24.3 Å². The minimum absolute atomic E-state index is 0.448. The number of carboxylic acids is 1. The highest BCUT2D eigenvalue weighted by molar-refractivity contribution is 5.74. The number of hydrogen-bond acceptors (Lipinski definition) is 3. The molecule has 104 valence electrons. The fraction of sp³-hybridized carbons (Fsp3) is 0.533. The van der Waals surface area contributed by atoms with Gasteiger partial charge in [0.15, 0.2) is 0 Å². The molecule has 0 radical (unpaired) electrons. The third-order valence-corrected chi connectivity index (χ3v) is 3.63. The maximum Gasteiger partial charge on any atom is 0.321 e. The minimum Gasteiger partial charge on any atom is -0.480 e. The molecule has 1 aliphatic rings. The predicted octanol–water partition coefficient (Wildman–Crippen LogP) is 1.58. The Bertz CT molecular complexity index is 410. The van der Waals surface area contributed by atoms with Gasteiger partial charge in [-0.05, 0) is 24.0 Å². The molecular weight excluding hydrogens is 242 g/mol.